The third-order valence-electron chi connectivity index (χ3n) is 12.2. The minimum Gasteiger partial charge on any atom is -0.349 e. The summed E-state index contributed by atoms with van der Waals surface area (Å²) < 4.78 is 16.1. The predicted octanol–water partition coefficient (Wildman–Crippen LogP) is 8.45. The Morgan fingerprint density at radius 3 is 2.28 bits per heavy atom. The first kappa shape index (κ1) is 30.9. The Kier molecular flexibility index (Phi) is 8.36. The van der Waals surface area contributed by atoms with Crippen molar-refractivity contribution in [2.24, 2.45) is 11.3 Å². The number of amides is 2. The Balaban J connectivity index is 1.47. The highest BCUT2D eigenvalue weighted by Gasteiger charge is 2.62. The molecule has 4 aliphatic carbocycles. The van der Waals surface area contributed by atoms with Gasteiger partial charge in [0, 0.05) is 33.6 Å². The Labute approximate surface area is 265 Å². The van der Waals surface area contributed by atoms with E-state index in [4.69, 9.17) is 23.2 Å². The number of likely N-dealkylation sites (tertiary alicyclic amines) is 1. The van der Waals surface area contributed by atoms with Crippen molar-refractivity contribution >= 4 is 41.2 Å². The number of benzene rings is 2. The van der Waals surface area contributed by atoms with Crippen LogP contribution in [0.3, 0.4) is 0 Å². The third kappa shape index (κ3) is 5.10. The van der Waals surface area contributed by atoms with Gasteiger partial charge in [-0.1, -0.05) is 74.5 Å². The molecule has 0 aromatic heterocycles. The second-order valence-corrected chi connectivity index (χ2v) is 15.0. The number of nitrogens with zero attached hydrogens (tertiary/aromatic N) is 1. The average molecular weight is 629 g/mol. The number of fused-ring (bicyclic) bond motifs is 3. The number of hydrogen-bond donors (Lipinski definition) is 2. The molecule has 3 atom stereocenters. The van der Waals surface area contributed by atoms with Crippen LogP contribution in [-0.4, -0.2) is 41.4 Å². The minimum atomic E-state index is -0.607. The van der Waals surface area contributed by atoms with Gasteiger partial charge in [-0.15, -0.1) is 0 Å². The molecule has 1 aliphatic heterocycles. The first-order valence-electron chi connectivity index (χ1n) is 16.0. The van der Waals surface area contributed by atoms with Crippen LogP contribution in [0.1, 0.15) is 107 Å². The quantitative estimate of drug-likeness (QED) is 0.303. The molecule has 2 unspecified atom stereocenters. The summed E-state index contributed by atoms with van der Waals surface area (Å²) in [6, 6.07) is 10.0. The lowest BCUT2D eigenvalue weighted by Gasteiger charge is -2.56. The van der Waals surface area contributed by atoms with Gasteiger partial charge in [0.05, 0.1) is 11.1 Å². The van der Waals surface area contributed by atoms with Crippen molar-refractivity contribution in [3.8, 4) is 0 Å². The number of likely N-dealkylation sites (N-methyl/N-ethyl adjacent to an activating group) is 1. The summed E-state index contributed by atoms with van der Waals surface area (Å²) >= 11 is 12.8. The fourth-order valence-electron chi connectivity index (χ4n) is 9.62. The van der Waals surface area contributed by atoms with Crippen molar-refractivity contribution in [1.29, 1.82) is 0 Å². The summed E-state index contributed by atoms with van der Waals surface area (Å²) in [6.07, 6.45) is 11.9. The van der Waals surface area contributed by atoms with Crippen molar-refractivity contribution < 1.29 is 14.0 Å². The lowest BCUT2D eigenvalue weighted by atomic mass is 9.53. The van der Waals surface area contributed by atoms with Gasteiger partial charge in [-0.3, -0.25) is 14.5 Å². The molecular formula is C35H44Cl2FN3O2. The predicted molar refractivity (Wildman–Crippen MR) is 171 cm³/mol. The molecule has 2 amide bonds. The SMILES string of the molecule is CC(C)C12CCC(NC(=O)C3[C@H](c4cccc(Cl)c4F)C(c4ccc(Cl)cc4NC=O)C4(CCCCC4)N3C)(CC1)CC2. The molecule has 1 heterocycles. The molecule has 5 nitrogen and oxygen atoms in total. The van der Waals surface area contributed by atoms with Gasteiger partial charge in [0.25, 0.3) is 0 Å². The lowest BCUT2D eigenvalue weighted by molar-refractivity contribution is -0.131. The van der Waals surface area contributed by atoms with Gasteiger partial charge >= 0.3 is 0 Å². The van der Waals surface area contributed by atoms with E-state index in [2.05, 4.69) is 36.4 Å². The summed E-state index contributed by atoms with van der Waals surface area (Å²) in [7, 11) is 2.05. The molecule has 0 radical (unpaired) electrons. The maximum absolute atomic E-state index is 16.1. The summed E-state index contributed by atoms with van der Waals surface area (Å²) in [6.45, 7) is 4.67. The van der Waals surface area contributed by atoms with Crippen LogP contribution >= 0.6 is 23.2 Å². The molecule has 43 heavy (non-hydrogen) atoms. The maximum Gasteiger partial charge on any atom is 0.238 e. The van der Waals surface area contributed by atoms with E-state index in [1.807, 2.05) is 12.1 Å². The van der Waals surface area contributed by atoms with Crippen LogP contribution in [-0.2, 0) is 9.59 Å². The second-order valence-electron chi connectivity index (χ2n) is 14.1. The average Bonchev–Trinajstić information content (AvgIpc) is 3.23. The standard InChI is InChI=1S/C35H44Cl2FN3O2/c1-22(2)33-14-17-34(18-15-33,19-16-33)40-32(43)31-28(25-8-7-9-26(37)30(25)38)29(35(41(31)3)12-5-4-6-13-35)24-11-10-23(36)20-27(24)39-21-42/h7-11,20-22,28-29,31H,4-6,12-19H2,1-3H3,(H,39,42)(H,40,43)/t28-,29?,31?,33?,34?/m1/s1. The number of carbonyl (C=O) groups is 2. The highest BCUT2D eigenvalue weighted by atomic mass is 35.5. The molecule has 2 N–H and O–H groups in total. The monoisotopic (exact) mass is 627 g/mol. The number of nitrogens with one attached hydrogen (secondary N) is 2. The van der Waals surface area contributed by atoms with Gasteiger partial charge in [-0.25, -0.2) is 4.39 Å². The van der Waals surface area contributed by atoms with E-state index in [0.717, 1.165) is 76.2 Å². The Morgan fingerprint density at radius 2 is 1.65 bits per heavy atom. The third-order valence-corrected chi connectivity index (χ3v) is 12.7. The van der Waals surface area contributed by atoms with Gasteiger partial charge in [0.1, 0.15) is 5.82 Å². The molecule has 1 spiro atoms. The molecule has 232 valence electrons. The van der Waals surface area contributed by atoms with Gasteiger partial charge in [0.15, 0.2) is 0 Å². The number of hydrogen-bond acceptors (Lipinski definition) is 3. The largest absolute Gasteiger partial charge is 0.349 e. The first-order valence-corrected chi connectivity index (χ1v) is 16.8. The lowest BCUT2D eigenvalue weighted by Crippen LogP contribution is -2.61. The highest BCUT2D eigenvalue weighted by Crippen LogP contribution is 2.61. The molecule has 7 rings (SSSR count). The number of carbonyl (C=O) groups excluding carboxylic acids is 2. The van der Waals surface area contributed by atoms with E-state index in [-0.39, 0.29) is 22.4 Å². The van der Waals surface area contributed by atoms with Crippen molar-refractivity contribution in [3.05, 3.63) is 63.4 Å². The Morgan fingerprint density at radius 1 is 0.977 bits per heavy atom. The van der Waals surface area contributed by atoms with E-state index in [1.165, 1.54) is 0 Å². The Hall–Kier alpha value is -2.15. The summed E-state index contributed by atoms with van der Waals surface area (Å²) in [5.74, 6) is -0.666. The van der Waals surface area contributed by atoms with E-state index < -0.39 is 23.3 Å². The summed E-state index contributed by atoms with van der Waals surface area (Å²) in [5.41, 5.74) is 1.69. The van der Waals surface area contributed by atoms with Crippen molar-refractivity contribution in [1.82, 2.24) is 10.2 Å². The van der Waals surface area contributed by atoms with Crippen LogP contribution in [0.5, 0.6) is 0 Å². The fourth-order valence-corrected chi connectivity index (χ4v) is 9.98. The molecular weight excluding hydrogens is 584 g/mol. The zero-order chi connectivity index (χ0) is 30.6. The molecule has 5 fully saturated rings. The van der Waals surface area contributed by atoms with Crippen LogP contribution in [0, 0.1) is 17.2 Å². The highest BCUT2D eigenvalue weighted by molar-refractivity contribution is 6.31. The van der Waals surface area contributed by atoms with Crippen LogP contribution < -0.4 is 10.6 Å². The molecule has 5 aliphatic rings. The molecule has 8 heteroatoms. The number of anilines is 1. The van der Waals surface area contributed by atoms with E-state index in [1.54, 1.807) is 24.3 Å². The molecule has 2 bridgehead atoms. The number of halogens is 3. The van der Waals surface area contributed by atoms with E-state index in [9.17, 15) is 9.59 Å². The Bertz CT molecular complexity index is 1370. The van der Waals surface area contributed by atoms with Crippen molar-refractivity contribution in [2.75, 3.05) is 12.4 Å². The van der Waals surface area contributed by atoms with E-state index >= 15 is 4.39 Å². The van der Waals surface area contributed by atoms with Gasteiger partial charge in [0.2, 0.25) is 12.3 Å². The molecule has 1 saturated heterocycles. The van der Waals surface area contributed by atoms with Crippen LogP contribution in [0.15, 0.2) is 36.4 Å². The van der Waals surface area contributed by atoms with Crippen molar-refractivity contribution in [3.63, 3.8) is 0 Å². The fraction of sp³-hybridized carbons (Fsp3) is 0.600. The summed E-state index contributed by atoms with van der Waals surface area (Å²) in [5, 5.41) is 7.02. The van der Waals surface area contributed by atoms with Gasteiger partial charge < -0.3 is 10.6 Å². The smallest absolute Gasteiger partial charge is 0.238 e. The zero-order valence-electron chi connectivity index (χ0n) is 25.5. The molecule has 2 aromatic rings. The van der Waals surface area contributed by atoms with Gasteiger partial charge in [-0.05, 0) is 99.1 Å². The maximum atomic E-state index is 16.1. The molecule has 2 aromatic carbocycles. The van der Waals surface area contributed by atoms with Crippen LogP contribution in [0.4, 0.5) is 10.1 Å². The zero-order valence-corrected chi connectivity index (χ0v) is 27.0. The molecule has 4 saturated carbocycles. The summed E-state index contributed by atoms with van der Waals surface area (Å²) in [4.78, 5) is 28.8. The van der Waals surface area contributed by atoms with Crippen LogP contribution in [0.25, 0.3) is 0 Å². The van der Waals surface area contributed by atoms with Crippen molar-refractivity contribution in [2.45, 2.75) is 113 Å². The first-order chi connectivity index (χ1) is 20.6. The number of rotatable bonds is 7. The normalized spacial score (nSPS) is 31.8. The van der Waals surface area contributed by atoms with Gasteiger partial charge in [-0.2, -0.15) is 0 Å². The second kappa shape index (κ2) is 11.7. The van der Waals surface area contributed by atoms with Crippen LogP contribution in [0.2, 0.25) is 10.0 Å². The van der Waals surface area contributed by atoms with E-state index in [0.29, 0.717) is 34.0 Å². The topological polar surface area (TPSA) is 61.4 Å². The minimum absolute atomic E-state index is 0.0304.